The summed E-state index contributed by atoms with van der Waals surface area (Å²) in [6.07, 6.45) is 0. The van der Waals surface area contributed by atoms with Gasteiger partial charge < -0.3 is 25.0 Å². The molecule has 4 rings (SSSR count). The van der Waals surface area contributed by atoms with Crippen molar-refractivity contribution in [2.24, 2.45) is 0 Å². The number of nitrogens with zero attached hydrogens (tertiary/aromatic N) is 2. The number of amides is 3. The summed E-state index contributed by atoms with van der Waals surface area (Å²) in [7, 11) is 0. The first-order valence-electron chi connectivity index (χ1n) is 9.75. The standard InChI is InChI=1S/C21H23ClN4O4/c1-14(20(27)23-17-6-7-18-19(12-17)30-13-29-18)25-8-10-26(11-9-25)21(28)24-16-4-2-15(22)3-5-16/h2-7,12,14H,8-11,13H2,1H3,(H,23,27)(H,24,28). The van der Waals surface area contributed by atoms with E-state index in [1.54, 1.807) is 47.4 Å². The van der Waals surface area contributed by atoms with Crippen LogP contribution in [0, 0.1) is 0 Å². The highest BCUT2D eigenvalue weighted by Crippen LogP contribution is 2.34. The number of urea groups is 1. The maximum absolute atomic E-state index is 12.7. The van der Waals surface area contributed by atoms with Gasteiger partial charge in [-0.1, -0.05) is 11.6 Å². The van der Waals surface area contributed by atoms with E-state index in [2.05, 4.69) is 15.5 Å². The number of halogens is 1. The van der Waals surface area contributed by atoms with Crippen LogP contribution in [0.1, 0.15) is 6.92 Å². The molecule has 0 aromatic heterocycles. The van der Waals surface area contributed by atoms with Crippen molar-refractivity contribution in [1.82, 2.24) is 9.80 Å². The molecule has 2 aromatic rings. The molecule has 1 fully saturated rings. The summed E-state index contributed by atoms with van der Waals surface area (Å²) in [4.78, 5) is 28.9. The Labute approximate surface area is 179 Å². The van der Waals surface area contributed by atoms with E-state index in [0.29, 0.717) is 54.1 Å². The lowest BCUT2D eigenvalue weighted by Crippen LogP contribution is -2.54. The molecule has 0 saturated carbocycles. The molecule has 2 aliphatic rings. The van der Waals surface area contributed by atoms with Crippen molar-refractivity contribution in [2.75, 3.05) is 43.6 Å². The van der Waals surface area contributed by atoms with Crippen molar-refractivity contribution in [3.05, 3.63) is 47.5 Å². The molecule has 2 aromatic carbocycles. The zero-order valence-electron chi connectivity index (χ0n) is 16.6. The summed E-state index contributed by atoms with van der Waals surface area (Å²) < 4.78 is 10.6. The van der Waals surface area contributed by atoms with E-state index < -0.39 is 0 Å². The quantitative estimate of drug-likeness (QED) is 0.778. The summed E-state index contributed by atoms with van der Waals surface area (Å²) in [5, 5.41) is 6.41. The van der Waals surface area contributed by atoms with Gasteiger partial charge in [0.05, 0.1) is 6.04 Å². The molecular formula is C21H23ClN4O4. The Morgan fingerprint density at radius 2 is 1.60 bits per heavy atom. The highest BCUT2D eigenvalue weighted by Gasteiger charge is 2.28. The molecule has 30 heavy (non-hydrogen) atoms. The number of nitrogens with one attached hydrogen (secondary N) is 2. The van der Waals surface area contributed by atoms with Crippen molar-refractivity contribution in [2.45, 2.75) is 13.0 Å². The fourth-order valence-corrected chi connectivity index (χ4v) is 3.56. The summed E-state index contributed by atoms with van der Waals surface area (Å²) >= 11 is 5.87. The van der Waals surface area contributed by atoms with E-state index in [1.807, 2.05) is 6.92 Å². The van der Waals surface area contributed by atoms with Crippen LogP contribution in [0.3, 0.4) is 0 Å². The maximum atomic E-state index is 12.7. The number of piperazine rings is 1. The first-order valence-corrected chi connectivity index (χ1v) is 10.1. The van der Waals surface area contributed by atoms with Gasteiger partial charge in [0.25, 0.3) is 0 Å². The number of anilines is 2. The van der Waals surface area contributed by atoms with Crippen LogP contribution in [-0.4, -0.2) is 60.8 Å². The minimum absolute atomic E-state index is 0.104. The SMILES string of the molecule is CC(C(=O)Nc1ccc2c(c1)OCO2)N1CCN(C(=O)Nc2ccc(Cl)cc2)CC1. The summed E-state index contributed by atoms with van der Waals surface area (Å²) in [5.74, 6) is 1.20. The predicted octanol–water partition coefficient (Wildman–Crippen LogP) is 3.25. The van der Waals surface area contributed by atoms with E-state index >= 15 is 0 Å². The first kappa shape index (κ1) is 20.3. The summed E-state index contributed by atoms with van der Waals surface area (Å²) in [6.45, 7) is 4.38. The molecule has 0 aliphatic carbocycles. The Balaban J connectivity index is 1.27. The Hall–Kier alpha value is -2.97. The number of ether oxygens (including phenoxy) is 2. The zero-order chi connectivity index (χ0) is 21.1. The molecule has 3 amide bonds. The van der Waals surface area contributed by atoms with Crippen molar-refractivity contribution < 1.29 is 19.1 Å². The maximum Gasteiger partial charge on any atom is 0.321 e. The summed E-state index contributed by atoms with van der Waals surface area (Å²) in [6, 6.07) is 11.8. The van der Waals surface area contributed by atoms with Gasteiger partial charge in [-0.25, -0.2) is 4.79 Å². The highest BCUT2D eigenvalue weighted by atomic mass is 35.5. The monoisotopic (exact) mass is 430 g/mol. The second-order valence-electron chi connectivity index (χ2n) is 7.19. The van der Waals surface area contributed by atoms with Gasteiger partial charge >= 0.3 is 6.03 Å². The number of hydrogen-bond donors (Lipinski definition) is 2. The van der Waals surface area contributed by atoms with Gasteiger partial charge in [-0.3, -0.25) is 9.69 Å². The van der Waals surface area contributed by atoms with Crippen molar-refractivity contribution in [3.63, 3.8) is 0 Å². The fourth-order valence-electron chi connectivity index (χ4n) is 3.43. The molecule has 1 atom stereocenters. The van der Waals surface area contributed by atoms with Gasteiger partial charge in [-0.2, -0.15) is 0 Å². The molecule has 1 unspecified atom stereocenters. The van der Waals surface area contributed by atoms with Gasteiger partial charge in [-0.15, -0.1) is 0 Å². The second kappa shape index (κ2) is 8.81. The molecule has 9 heteroatoms. The predicted molar refractivity (Wildman–Crippen MR) is 114 cm³/mol. The Morgan fingerprint density at radius 3 is 2.33 bits per heavy atom. The molecule has 2 aliphatic heterocycles. The Morgan fingerprint density at radius 1 is 0.933 bits per heavy atom. The van der Waals surface area contributed by atoms with Gasteiger partial charge in [-0.05, 0) is 43.3 Å². The average Bonchev–Trinajstić information content (AvgIpc) is 3.23. The van der Waals surface area contributed by atoms with E-state index in [1.165, 1.54) is 0 Å². The lowest BCUT2D eigenvalue weighted by atomic mass is 10.2. The van der Waals surface area contributed by atoms with Crippen LogP contribution in [0.4, 0.5) is 16.2 Å². The molecule has 2 heterocycles. The minimum Gasteiger partial charge on any atom is -0.454 e. The van der Waals surface area contributed by atoms with Crippen LogP contribution in [0.25, 0.3) is 0 Å². The molecule has 8 nitrogen and oxygen atoms in total. The third-order valence-electron chi connectivity index (χ3n) is 5.26. The number of carbonyl (C=O) groups is 2. The number of hydrogen-bond acceptors (Lipinski definition) is 5. The Bertz CT molecular complexity index is 929. The Kier molecular flexibility index (Phi) is 5.96. The van der Waals surface area contributed by atoms with Crippen LogP contribution < -0.4 is 20.1 Å². The summed E-state index contributed by atoms with van der Waals surface area (Å²) in [5.41, 5.74) is 1.36. The lowest BCUT2D eigenvalue weighted by Gasteiger charge is -2.37. The van der Waals surface area contributed by atoms with Crippen LogP contribution >= 0.6 is 11.6 Å². The molecule has 0 spiro atoms. The fraction of sp³-hybridized carbons (Fsp3) is 0.333. The number of fused-ring (bicyclic) bond motifs is 1. The molecule has 0 bridgehead atoms. The van der Waals surface area contributed by atoms with Crippen molar-refractivity contribution in [1.29, 1.82) is 0 Å². The van der Waals surface area contributed by atoms with E-state index in [0.717, 1.165) is 0 Å². The number of carbonyl (C=O) groups excluding carboxylic acids is 2. The van der Waals surface area contributed by atoms with Crippen molar-refractivity contribution >= 4 is 34.9 Å². The van der Waals surface area contributed by atoms with Crippen LogP contribution in [-0.2, 0) is 4.79 Å². The third kappa shape index (κ3) is 4.60. The highest BCUT2D eigenvalue weighted by molar-refractivity contribution is 6.30. The molecule has 0 radical (unpaired) electrons. The normalized spacial score (nSPS) is 16.8. The topological polar surface area (TPSA) is 83.1 Å². The van der Waals surface area contributed by atoms with Crippen LogP contribution in [0.2, 0.25) is 5.02 Å². The lowest BCUT2D eigenvalue weighted by molar-refractivity contribution is -0.121. The van der Waals surface area contributed by atoms with Gasteiger partial charge in [0.1, 0.15) is 0 Å². The number of benzene rings is 2. The van der Waals surface area contributed by atoms with Crippen LogP contribution in [0.5, 0.6) is 11.5 Å². The second-order valence-corrected chi connectivity index (χ2v) is 7.63. The molecular weight excluding hydrogens is 408 g/mol. The van der Waals surface area contributed by atoms with Crippen molar-refractivity contribution in [3.8, 4) is 11.5 Å². The number of rotatable bonds is 4. The van der Waals surface area contributed by atoms with E-state index in [4.69, 9.17) is 21.1 Å². The largest absolute Gasteiger partial charge is 0.454 e. The molecule has 158 valence electrons. The van der Waals surface area contributed by atoms with Gasteiger partial charge in [0.2, 0.25) is 12.7 Å². The molecule has 1 saturated heterocycles. The van der Waals surface area contributed by atoms with Crippen LogP contribution in [0.15, 0.2) is 42.5 Å². The minimum atomic E-state index is -0.322. The third-order valence-corrected chi connectivity index (χ3v) is 5.52. The van der Waals surface area contributed by atoms with E-state index in [-0.39, 0.29) is 24.8 Å². The molecule has 2 N–H and O–H groups in total. The smallest absolute Gasteiger partial charge is 0.321 e. The zero-order valence-corrected chi connectivity index (χ0v) is 17.3. The van der Waals surface area contributed by atoms with Gasteiger partial charge in [0.15, 0.2) is 11.5 Å². The first-order chi connectivity index (χ1) is 14.5. The average molecular weight is 431 g/mol. The van der Waals surface area contributed by atoms with E-state index in [9.17, 15) is 9.59 Å². The van der Waals surface area contributed by atoms with Gasteiger partial charge in [0, 0.05) is 48.6 Å².